The minimum atomic E-state index is -4.49. The number of carbonyl (C=O) groups excluding carboxylic acids is 2. The van der Waals surface area contributed by atoms with Crippen LogP contribution < -0.4 is 20.1 Å². The van der Waals surface area contributed by atoms with E-state index < -0.39 is 23.7 Å². The lowest BCUT2D eigenvalue weighted by atomic mass is 10.2. The van der Waals surface area contributed by atoms with E-state index >= 15 is 0 Å². The summed E-state index contributed by atoms with van der Waals surface area (Å²) in [7, 11) is 1.42. The second kappa shape index (κ2) is 8.47. The van der Waals surface area contributed by atoms with E-state index in [4.69, 9.17) is 9.47 Å². The first-order valence-electron chi connectivity index (χ1n) is 8.97. The maximum absolute atomic E-state index is 12.6. The summed E-state index contributed by atoms with van der Waals surface area (Å²) in [5, 5.41) is 5.30. The van der Waals surface area contributed by atoms with Gasteiger partial charge in [0, 0.05) is 31.4 Å². The first kappa shape index (κ1) is 21.2. The highest BCUT2D eigenvalue weighted by atomic mass is 19.4. The van der Waals surface area contributed by atoms with Gasteiger partial charge in [0.25, 0.3) is 0 Å². The molecule has 1 fully saturated rings. The van der Waals surface area contributed by atoms with Crippen LogP contribution in [0.25, 0.3) is 0 Å². The van der Waals surface area contributed by atoms with Crippen LogP contribution in [0.5, 0.6) is 17.4 Å². The number of urea groups is 1. The number of alkyl halides is 3. The third-order valence-electron chi connectivity index (χ3n) is 4.44. The van der Waals surface area contributed by atoms with Crippen LogP contribution in [0.3, 0.4) is 0 Å². The zero-order valence-electron chi connectivity index (χ0n) is 16.1. The Bertz CT molecular complexity index is 934. The molecule has 3 amide bonds. The van der Waals surface area contributed by atoms with Gasteiger partial charge in [-0.05, 0) is 25.1 Å². The highest BCUT2D eigenvalue weighted by molar-refractivity contribution is 6.00. The molecule has 2 heterocycles. The summed E-state index contributed by atoms with van der Waals surface area (Å²) < 4.78 is 48.7. The van der Waals surface area contributed by atoms with Gasteiger partial charge in [0.15, 0.2) is 0 Å². The Labute approximate surface area is 170 Å². The Balaban J connectivity index is 1.77. The number of nitrogens with zero attached hydrogens (tertiary/aromatic N) is 2. The molecule has 0 radical (unpaired) electrons. The van der Waals surface area contributed by atoms with Crippen molar-refractivity contribution in [3.63, 3.8) is 0 Å². The number of halogens is 3. The van der Waals surface area contributed by atoms with Crippen molar-refractivity contribution in [2.75, 3.05) is 25.5 Å². The molecule has 0 saturated carbocycles. The molecule has 3 rings (SSSR count). The van der Waals surface area contributed by atoms with Gasteiger partial charge < -0.3 is 25.0 Å². The van der Waals surface area contributed by atoms with Gasteiger partial charge >= 0.3 is 12.2 Å². The molecule has 1 unspecified atom stereocenters. The van der Waals surface area contributed by atoms with Crippen molar-refractivity contribution in [3.8, 4) is 17.4 Å². The number of pyridine rings is 1. The fraction of sp³-hybridized carbons (Fsp3) is 0.316. The van der Waals surface area contributed by atoms with Crippen LogP contribution in [-0.4, -0.2) is 48.1 Å². The summed E-state index contributed by atoms with van der Waals surface area (Å²) in [6, 6.07) is 5.45. The third kappa shape index (κ3) is 4.56. The lowest BCUT2D eigenvalue weighted by Gasteiger charge is -2.21. The van der Waals surface area contributed by atoms with Crippen LogP contribution in [0.4, 0.5) is 23.7 Å². The van der Waals surface area contributed by atoms with E-state index in [0.29, 0.717) is 18.5 Å². The molecule has 0 spiro atoms. The largest absolute Gasteiger partial charge is 0.495 e. The molecule has 2 N–H and O–H groups in total. The zero-order chi connectivity index (χ0) is 21.9. The first-order chi connectivity index (χ1) is 14.2. The van der Waals surface area contributed by atoms with Crippen molar-refractivity contribution in [3.05, 3.63) is 42.1 Å². The lowest BCUT2D eigenvalue weighted by molar-refractivity contribution is -0.137. The predicted molar refractivity (Wildman–Crippen MR) is 101 cm³/mol. The number of ether oxygens (including phenoxy) is 2. The lowest BCUT2D eigenvalue weighted by Crippen LogP contribution is -2.42. The van der Waals surface area contributed by atoms with Crippen LogP contribution in [0, 0.1) is 0 Å². The average molecular weight is 424 g/mol. The molecule has 1 aromatic carbocycles. The summed E-state index contributed by atoms with van der Waals surface area (Å²) in [5.41, 5.74) is -0.611. The van der Waals surface area contributed by atoms with Gasteiger partial charge in [0.05, 0.1) is 18.4 Å². The van der Waals surface area contributed by atoms with E-state index in [1.807, 2.05) is 0 Å². The second-order valence-electron chi connectivity index (χ2n) is 6.32. The van der Waals surface area contributed by atoms with Gasteiger partial charge in [0.1, 0.15) is 17.5 Å². The predicted octanol–water partition coefficient (Wildman–Crippen LogP) is 3.25. The standard InChI is InChI=1S/C19H19F3N4O4/c1-3-26-14(10-24-18(26)28)17(27)25-13-8-12(5-6-15(13)29-2)30-16-7-4-11(9-23-16)19(20,21)22/h4-9,14H,3,10H2,1-2H3,(H,24,28)(H,25,27). The van der Waals surface area contributed by atoms with Crippen molar-refractivity contribution in [2.45, 2.75) is 19.1 Å². The number of benzene rings is 1. The molecule has 1 atom stereocenters. The highest BCUT2D eigenvalue weighted by Crippen LogP contribution is 2.33. The van der Waals surface area contributed by atoms with Gasteiger partial charge in [0.2, 0.25) is 11.8 Å². The van der Waals surface area contributed by atoms with Crippen LogP contribution in [0.1, 0.15) is 12.5 Å². The molecule has 11 heteroatoms. The van der Waals surface area contributed by atoms with Gasteiger partial charge in [-0.25, -0.2) is 9.78 Å². The van der Waals surface area contributed by atoms with Crippen molar-refractivity contribution in [2.24, 2.45) is 0 Å². The van der Waals surface area contributed by atoms with E-state index in [1.54, 1.807) is 6.92 Å². The number of aromatic nitrogens is 1. The maximum Gasteiger partial charge on any atom is 0.417 e. The topological polar surface area (TPSA) is 92.8 Å². The maximum atomic E-state index is 12.6. The Kier molecular flexibility index (Phi) is 5.99. The normalized spacial score (nSPS) is 16.2. The molecule has 1 saturated heterocycles. The summed E-state index contributed by atoms with van der Waals surface area (Å²) >= 11 is 0. The molecule has 160 valence electrons. The summed E-state index contributed by atoms with van der Waals surface area (Å²) in [4.78, 5) is 29.4. The molecular formula is C19H19F3N4O4. The van der Waals surface area contributed by atoms with E-state index in [1.165, 1.54) is 30.2 Å². The van der Waals surface area contributed by atoms with Crippen LogP contribution in [0.2, 0.25) is 0 Å². The number of carbonyl (C=O) groups is 2. The number of anilines is 1. The van der Waals surface area contributed by atoms with Crippen molar-refractivity contribution >= 4 is 17.6 Å². The molecule has 1 aromatic heterocycles. The second-order valence-corrected chi connectivity index (χ2v) is 6.32. The van der Waals surface area contributed by atoms with E-state index in [0.717, 1.165) is 12.1 Å². The van der Waals surface area contributed by atoms with Gasteiger partial charge in [-0.1, -0.05) is 0 Å². The van der Waals surface area contributed by atoms with Crippen molar-refractivity contribution in [1.29, 1.82) is 0 Å². The quantitative estimate of drug-likeness (QED) is 0.743. The molecule has 30 heavy (non-hydrogen) atoms. The van der Waals surface area contributed by atoms with Crippen LogP contribution in [0.15, 0.2) is 36.5 Å². The fourth-order valence-corrected chi connectivity index (χ4v) is 2.93. The minimum Gasteiger partial charge on any atom is -0.495 e. The molecule has 0 aliphatic carbocycles. The zero-order valence-corrected chi connectivity index (χ0v) is 16.1. The van der Waals surface area contributed by atoms with E-state index in [-0.39, 0.29) is 29.9 Å². The molecule has 1 aliphatic rings. The molecule has 2 aromatic rings. The van der Waals surface area contributed by atoms with Gasteiger partial charge in [-0.3, -0.25) is 4.79 Å². The van der Waals surface area contributed by atoms with E-state index in [2.05, 4.69) is 15.6 Å². The Hall–Kier alpha value is -3.50. The van der Waals surface area contributed by atoms with Crippen molar-refractivity contribution in [1.82, 2.24) is 15.2 Å². The Morgan fingerprint density at radius 3 is 2.70 bits per heavy atom. The monoisotopic (exact) mass is 424 g/mol. The van der Waals surface area contributed by atoms with Gasteiger partial charge in [-0.15, -0.1) is 0 Å². The first-order valence-corrected chi connectivity index (χ1v) is 8.97. The third-order valence-corrected chi connectivity index (χ3v) is 4.44. The Morgan fingerprint density at radius 2 is 2.10 bits per heavy atom. The van der Waals surface area contributed by atoms with Gasteiger partial charge in [-0.2, -0.15) is 13.2 Å². The van der Waals surface area contributed by atoms with Crippen LogP contribution in [-0.2, 0) is 11.0 Å². The number of rotatable bonds is 6. The molecule has 0 bridgehead atoms. The molecule has 8 nitrogen and oxygen atoms in total. The fourth-order valence-electron chi connectivity index (χ4n) is 2.93. The minimum absolute atomic E-state index is 0.0480. The SMILES string of the molecule is CCN1C(=O)NCC1C(=O)Nc1cc(Oc2ccc(C(F)(F)F)cn2)ccc1OC. The summed E-state index contributed by atoms with van der Waals surface area (Å²) in [6.45, 7) is 2.30. The van der Waals surface area contributed by atoms with Crippen molar-refractivity contribution < 1.29 is 32.2 Å². The number of methoxy groups -OCH3 is 1. The number of hydrogen-bond acceptors (Lipinski definition) is 5. The smallest absolute Gasteiger partial charge is 0.417 e. The number of hydrogen-bond donors (Lipinski definition) is 2. The number of amides is 3. The Morgan fingerprint density at radius 1 is 1.33 bits per heavy atom. The summed E-state index contributed by atoms with van der Waals surface area (Å²) in [5.74, 6) is 0.106. The molecular weight excluding hydrogens is 405 g/mol. The number of likely N-dealkylation sites (N-methyl/N-ethyl adjacent to an activating group) is 1. The van der Waals surface area contributed by atoms with Crippen LogP contribution >= 0.6 is 0 Å². The highest BCUT2D eigenvalue weighted by Gasteiger charge is 2.35. The van der Waals surface area contributed by atoms with E-state index in [9.17, 15) is 22.8 Å². The molecule has 1 aliphatic heterocycles. The summed E-state index contributed by atoms with van der Waals surface area (Å²) in [6.07, 6.45) is -3.82. The average Bonchev–Trinajstić information content (AvgIpc) is 3.08. The number of nitrogens with one attached hydrogen (secondary N) is 2.